The van der Waals surface area contributed by atoms with Gasteiger partial charge >= 0.3 is 5.97 Å². The number of amides is 2. The molecule has 1 aliphatic carbocycles. The third-order valence-electron chi connectivity index (χ3n) is 7.91. The fourth-order valence-electron chi connectivity index (χ4n) is 5.59. The Labute approximate surface area is 231 Å². The number of carbonyl (C=O) groups excluding carboxylic acids is 3. The molecular formula is C32H40N2O5. The number of hydrogen-bond donors (Lipinski definition) is 3. The van der Waals surface area contributed by atoms with E-state index in [0.717, 1.165) is 36.8 Å². The van der Waals surface area contributed by atoms with Gasteiger partial charge in [0.15, 0.2) is 0 Å². The number of cyclic esters (lactones) is 1. The summed E-state index contributed by atoms with van der Waals surface area (Å²) in [5.41, 5.74) is 1.33. The van der Waals surface area contributed by atoms with E-state index in [4.69, 9.17) is 4.74 Å². The molecule has 1 fully saturated rings. The molecule has 0 unspecified atom stereocenters. The Kier molecular flexibility index (Phi) is 10.3. The monoisotopic (exact) mass is 532 g/mol. The summed E-state index contributed by atoms with van der Waals surface area (Å²) in [7, 11) is 0. The molecule has 0 saturated heterocycles. The van der Waals surface area contributed by atoms with E-state index in [9.17, 15) is 19.5 Å². The van der Waals surface area contributed by atoms with E-state index in [1.807, 2.05) is 72.8 Å². The molecule has 7 nitrogen and oxygen atoms in total. The van der Waals surface area contributed by atoms with E-state index in [1.165, 1.54) is 0 Å². The number of hydrogen-bond acceptors (Lipinski definition) is 5. The second-order valence-electron chi connectivity index (χ2n) is 10.9. The summed E-state index contributed by atoms with van der Waals surface area (Å²) >= 11 is 0. The summed E-state index contributed by atoms with van der Waals surface area (Å²) in [5.74, 6) is -1.64. The minimum Gasteiger partial charge on any atom is -0.463 e. The number of carbonyl (C=O) groups is 3. The van der Waals surface area contributed by atoms with Crippen molar-refractivity contribution in [3.8, 4) is 0 Å². The van der Waals surface area contributed by atoms with Crippen molar-refractivity contribution in [1.29, 1.82) is 0 Å². The van der Waals surface area contributed by atoms with Gasteiger partial charge in [-0.1, -0.05) is 85.7 Å². The van der Waals surface area contributed by atoms with Gasteiger partial charge in [-0.15, -0.1) is 0 Å². The molecule has 7 heteroatoms. The zero-order valence-electron chi connectivity index (χ0n) is 22.5. The third-order valence-corrected chi connectivity index (χ3v) is 7.91. The van der Waals surface area contributed by atoms with Gasteiger partial charge in [0, 0.05) is 6.42 Å². The quantitative estimate of drug-likeness (QED) is 0.362. The summed E-state index contributed by atoms with van der Waals surface area (Å²) < 4.78 is 5.80. The van der Waals surface area contributed by atoms with Crippen LogP contribution in [0.25, 0.3) is 0 Å². The van der Waals surface area contributed by atoms with Crippen LogP contribution in [0, 0.1) is 11.8 Å². The molecule has 0 aromatic heterocycles. The first-order valence-electron chi connectivity index (χ1n) is 14.1. The number of rotatable bonds is 7. The zero-order valence-corrected chi connectivity index (χ0v) is 22.5. The maximum absolute atomic E-state index is 13.5. The Balaban J connectivity index is 1.51. The lowest BCUT2D eigenvalue weighted by atomic mass is 9.94. The van der Waals surface area contributed by atoms with Gasteiger partial charge in [0.1, 0.15) is 6.61 Å². The van der Waals surface area contributed by atoms with Gasteiger partial charge in [-0.25, -0.2) is 0 Å². The molecule has 1 aliphatic heterocycles. The van der Waals surface area contributed by atoms with Crippen LogP contribution in [0.4, 0.5) is 0 Å². The molecule has 4 rings (SSSR count). The molecule has 2 aromatic carbocycles. The summed E-state index contributed by atoms with van der Waals surface area (Å²) in [6.07, 6.45) is 9.68. The van der Waals surface area contributed by atoms with Crippen LogP contribution < -0.4 is 10.6 Å². The normalized spacial score (nSPS) is 24.0. The Morgan fingerprint density at radius 2 is 1.67 bits per heavy atom. The Hall–Kier alpha value is -3.45. The molecule has 0 radical (unpaired) electrons. The highest BCUT2D eigenvalue weighted by atomic mass is 16.5. The fraction of sp³-hybridized carbons (Fsp3) is 0.469. The lowest BCUT2D eigenvalue weighted by molar-refractivity contribution is -0.150. The second kappa shape index (κ2) is 14.1. The van der Waals surface area contributed by atoms with Crippen molar-refractivity contribution in [2.75, 3.05) is 13.2 Å². The van der Waals surface area contributed by atoms with Crippen LogP contribution in [0.3, 0.4) is 0 Å². The molecule has 0 spiro atoms. The standard InChI is InChI=1S/C32H40N2O5/c35-23-32(18-10-11-19-32)34-29(36)21-26-16-8-3-9-17-27(20-24-12-4-1-5-13-24)31(38)39-22-28(33-30(26)37)25-14-6-2-7-15-25/h1-8,12-15,26-28,35H,9-11,16-23H2,(H,33,37)(H,34,36)/t26-,27-,28-/m1/s1. The summed E-state index contributed by atoms with van der Waals surface area (Å²) in [5, 5.41) is 16.0. The van der Waals surface area contributed by atoms with Gasteiger partial charge in [0.2, 0.25) is 11.8 Å². The van der Waals surface area contributed by atoms with Crippen LogP contribution in [0.1, 0.15) is 68.5 Å². The highest BCUT2D eigenvalue weighted by Crippen LogP contribution is 2.29. The lowest BCUT2D eigenvalue weighted by Crippen LogP contribution is -2.50. The number of aliphatic hydroxyl groups excluding tert-OH is 1. The molecule has 1 heterocycles. The highest BCUT2D eigenvalue weighted by Gasteiger charge is 2.36. The predicted molar refractivity (Wildman–Crippen MR) is 149 cm³/mol. The SMILES string of the molecule is O=C(C[C@H]1CC=CCC[C@H](Cc2ccccc2)C(=O)OC[C@H](c2ccccc2)NC1=O)NC1(CO)CCCC1. The summed E-state index contributed by atoms with van der Waals surface area (Å²) in [6, 6.07) is 18.8. The van der Waals surface area contributed by atoms with Crippen molar-refractivity contribution in [2.45, 2.75) is 69.4 Å². The van der Waals surface area contributed by atoms with Gasteiger partial charge < -0.3 is 20.5 Å². The fourth-order valence-corrected chi connectivity index (χ4v) is 5.59. The smallest absolute Gasteiger partial charge is 0.309 e. The average Bonchev–Trinajstić information content (AvgIpc) is 3.43. The minimum atomic E-state index is -0.582. The first-order valence-corrected chi connectivity index (χ1v) is 14.1. The largest absolute Gasteiger partial charge is 0.463 e. The van der Waals surface area contributed by atoms with Crippen molar-refractivity contribution in [3.63, 3.8) is 0 Å². The third kappa shape index (κ3) is 8.27. The van der Waals surface area contributed by atoms with Crippen molar-refractivity contribution in [3.05, 3.63) is 83.9 Å². The van der Waals surface area contributed by atoms with Crippen LogP contribution in [-0.2, 0) is 25.5 Å². The maximum Gasteiger partial charge on any atom is 0.309 e. The first kappa shape index (κ1) is 28.6. The molecule has 2 aliphatic rings. The number of esters is 1. The Morgan fingerprint density at radius 1 is 0.974 bits per heavy atom. The highest BCUT2D eigenvalue weighted by molar-refractivity contribution is 5.86. The molecule has 1 saturated carbocycles. The van der Waals surface area contributed by atoms with Gasteiger partial charge in [0.05, 0.1) is 30.0 Å². The van der Waals surface area contributed by atoms with E-state index in [2.05, 4.69) is 10.6 Å². The van der Waals surface area contributed by atoms with Crippen molar-refractivity contribution in [2.24, 2.45) is 11.8 Å². The molecule has 39 heavy (non-hydrogen) atoms. The Bertz CT molecular complexity index is 1110. The number of ether oxygens (including phenoxy) is 1. The van der Waals surface area contributed by atoms with Gasteiger partial charge in [0.25, 0.3) is 0 Å². The summed E-state index contributed by atoms with van der Waals surface area (Å²) in [4.78, 5) is 39.7. The van der Waals surface area contributed by atoms with Gasteiger partial charge in [-0.2, -0.15) is 0 Å². The van der Waals surface area contributed by atoms with E-state index < -0.39 is 17.5 Å². The lowest BCUT2D eigenvalue weighted by Gasteiger charge is -2.29. The number of allylic oxidation sites excluding steroid dienone is 2. The van der Waals surface area contributed by atoms with Crippen molar-refractivity contribution in [1.82, 2.24) is 10.6 Å². The molecule has 3 atom stereocenters. The molecule has 208 valence electrons. The number of benzene rings is 2. The van der Waals surface area contributed by atoms with Crippen molar-refractivity contribution >= 4 is 17.8 Å². The molecular weight excluding hydrogens is 492 g/mol. The molecule has 2 amide bonds. The summed E-state index contributed by atoms with van der Waals surface area (Å²) in [6.45, 7) is -0.0824. The second-order valence-corrected chi connectivity index (χ2v) is 10.9. The van der Waals surface area contributed by atoms with Crippen molar-refractivity contribution < 1.29 is 24.2 Å². The zero-order chi connectivity index (χ0) is 27.5. The van der Waals surface area contributed by atoms with E-state index in [0.29, 0.717) is 25.7 Å². The first-order chi connectivity index (χ1) is 19.0. The van der Waals surface area contributed by atoms with Crippen LogP contribution in [0.2, 0.25) is 0 Å². The molecule has 2 aromatic rings. The molecule has 3 N–H and O–H groups in total. The van der Waals surface area contributed by atoms with E-state index in [-0.39, 0.29) is 43.3 Å². The Morgan fingerprint density at radius 3 is 2.36 bits per heavy atom. The van der Waals surface area contributed by atoms with Crippen LogP contribution in [-0.4, -0.2) is 41.6 Å². The van der Waals surface area contributed by atoms with E-state index in [1.54, 1.807) is 0 Å². The van der Waals surface area contributed by atoms with Crippen LogP contribution >= 0.6 is 0 Å². The van der Waals surface area contributed by atoms with Crippen LogP contribution in [0.5, 0.6) is 0 Å². The van der Waals surface area contributed by atoms with Gasteiger partial charge in [-0.05, 0) is 49.7 Å². The minimum absolute atomic E-state index is 0.0137. The number of aliphatic hydroxyl groups is 1. The average molecular weight is 533 g/mol. The topological polar surface area (TPSA) is 105 Å². The van der Waals surface area contributed by atoms with E-state index >= 15 is 0 Å². The number of nitrogens with one attached hydrogen (secondary N) is 2. The van der Waals surface area contributed by atoms with Crippen LogP contribution in [0.15, 0.2) is 72.8 Å². The van der Waals surface area contributed by atoms with Gasteiger partial charge in [-0.3, -0.25) is 14.4 Å². The molecule has 0 bridgehead atoms. The maximum atomic E-state index is 13.5. The predicted octanol–water partition coefficient (Wildman–Crippen LogP) is 4.41.